The third-order valence-corrected chi connectivity index (χ3v) is 6.99. The summed E-state index contributed by atoms with van der Waals surface area (Å²) in [5.74, 6) is 0.499. The lowest BCUT2D eigenvalue weighted by Gasteiger charge is -2.34. The largest absolute Gasteiger partial charge is 0.356 e. The van der Waals surface area contributed by atoms with E-state index < -0.39 is 0 Å². The van der Waals surface area contributed by atoms with Crippen molar-refractivity contribution in [2.75, 3.05) is 23.3 Å². The van der Waals surface area contributed by atoms with Gasteiger partial charge in [0.1, 0.15) is 5.82 Å². The zero-order valence-corrected chi connectivity index (χ0v) is 17.7. The molecule has 0 aromatic carbocycles. The van der Waals surface area contributed by atoms with Crippen molar-refractivity contribution in [3.63, 3.8) is 0 Å². The number of carbonyl (C=O) groups excluding carboxylic acids is 1. The van der Waals surface area contributed by atoms with Crippen LogP contribution in [0.4, 0.5) is 11.5 Å². The number of hydrogen-bond acceptors (Lipinski definition) is 6. The summed E-state index contributed by atoms with van der Waals surface area (Å²) in [6, 6.07) is 1.80. The molecule has 1 amide bonds. The summed E-state index contributed by atoms with van der Waals surface area (Å²) in [6.07, 6.45) is 8.26. The molecule has 1 aliphatic heterocycles. The molecule has 8 heteroatoms. The molecule has 1 saturated heterocycles. The van der Waals surface area contributed by atoms with E-state index in [1.165, 1.54) is 12.8 Å². The van der Waals surface area contributed by atoms with Crippen molar-refractivity contribution in [1.82, 2.24) is 9.97 Å². The molecule has 28 heavy (non-hydrogen) atoms. The predicted octanol–water partition coefficient (Wildman–Crippen LogP) is 4.35. The van der Waals surface area contributed by atoms with E-state index in [0.717, 1.165) is 59.8 Å². The monoisotopic (exact) mass is 417 g/mol. The number of nitrogens with one attached hydrogen (secondary N) is 1. The van der Waals surface area contributed by atoms with Crippen molar-refractivity contribution in [2.45, 2.75) is 44.4 Å². The van der Waals surface area contributed by atoms with E-state index in [1.807, 2.05) is 13.8 Å². The van der Waals surface area contributed by atoms with Gasteiger partial charge in [-0.3, -0.25) is 14.9 Å². The van der Waals surface area contributed by atoms with Crippen molar-refractivity contribution < 1.29 is 4.79 Å². The van der Waals surface area contributed by atoms with Gasteiger partial charge in [0.25, 0.3) is 5.91 Å². The molecule has 3 heterocycles. The van der Waals surface area contributed by atoms with E-state index in [1.54, 1.807) is 18.5 Å². The topological polar surface area (TPSA) is 84.1 Å². The maximum absolute atomic E-state index is 13.2. The second-order valence-electron chi connectivity index (χ2n) is 7.80. The number of carbonyl (C=O) groups is 1. The Balaban J connectivity index is 1.66. The van der Waals surface area contributed by atoms with Crippen LogP contribution in [0.15, 0.2) is 23.4 Å². The smallest absolute Gasteiger partial charge is 0.259 e. The SMILES string of the molecule is Cc1nc(N2CCC3(CC2)CC3)c(C(=O)Nc2cncc(SN)c2)c(C)c1Cl. The van der Waals surface area contributed by atoms with Gasteiger partial charge in [-0.15, -0.1) is 0 Å². The molecule has 4 rings (SSSR count). The van der Waals surface area contributed by atoms with Gasteiger partial charge in [0.15, 0.2) is 0 Å². The first-order chi connectivity index (χ1) is 13.4. The van der Waals surface area contributed by atoms with Gasteiger partial charge >= 0.3 is 0 Å². The summed E-state index contributed by atoms with van der Waals surface area (Å²) in [5.41, 5.74) is 3.19. The molecule has 2 aromatic heterocycles. The fourth-order valence-electron chi connectivity index (χ4n) is 3.93. The molecule has 0 radical (unpaired) electrons. The first-order valence-electron chi connectivity index (χ1n) is 9.47. The van der Waals surface area contributed by atoms with E-state index in [-0.39, 0.29) is 5.91 Å². The number of piperidine rings is 1. The minimum absolute atomic E-state index is 0.227. The lowest BCUT2D eigenvalue weighted by Crippen LogP contribution is -2.36. The molecular weight excluding hydrogens is 394 g/mol. The molecule has 6 nitrogen and oxygen atoms in total. The maximum atomic E-state index is 13.2. The third-order valence-electron chi connectivity index (χ3n) is 5.93. The zero-order chi connectivity index (χ0) is 19.9. The highest BCUT2D eigenvalue weighted by molar-refractivity contribution is 7.97. The number of aryl methyl sites for hydroxylation is 1. The number of rotatable bonds is 4. The van der Waals surface area contributed by atoms with Gasteiger partial charge < -0.3 is 10.2 Å². The Morgan fingerprint density at radius 1 is 1.25 bits per heavy atom. The molecule has 2 aromatic rings. The maximum Gasteiger partial charge on any atom is 0.259 e. The van der Waals surface area contributed by atoms with Gasteiger partial charge in [-0.25, -0.2) is 4.98 Å². The predicted molar refractivity (Wildman–Crippen MR) is 114 cm³/mol. The average molecular weight is 418 g/mol. The Labute approximate surface area is 174 Å². The standard InChI is InChI=1S/C20H24ClN5OS/c1-12-16(19(27)25-14-9-15(28-22)11-23-10-14)18(24-13(2)17(12)21)26-7-5-20(3-4-20)6-8-26/h9-11H,3-8,22H2,1-2H3,(H,25,27). The molecule has 148 valence electrons. The average Bonchev–Trinajstić information content (AvgIpc) is 3.45. The Kier molecular flexibility index (Phi) is 5.24. The van der Waals surface area contributed by atoms with Crippen LogP contribution in [0.3, 0.4) is 0 Å². The summed E-state index contributed by atoms with van der Waals surface area (Å²) in [5, 5.41) is 9.07. The fourth-order valence-corrected chi connectivity index (χ4v) is 4.38. The van der Waals surface area contributed by atoms with Crippen LogP contribution in [-0.2, 0) is 0 Å². The van der Waals surface area contributed by atoms with Crippen LogP contribution in [0.1, 0.15) is 47.3 Å². The summed E-state index contributed by atoms with van der Waals surface area (Å²) in [4.78, 5) is 25.1. The zero-order valence-electron chi connectivity index (χ0n) is 16.1. The number of amides is 1. The van der Waals surface area contributed by atoms with Gasteiger partial charge in [-0.2, -0.15) is 0 Å². The lowest BCUT2D eigenvalue weighted by molar-refractivity contribution is 0.102. The lowest BCUT2D eigenvalue weighted by atomic mass is 9.93. The summed E-state index contributed by atoms with van der Waals surface area (Å²) in [7, 11) is 0. The normalized spacial score (nSPS) is 17.6. The molecule has 0 bridgehead atoms. The molecule has 1 spiro atoms. The molecule has 1 aliphatic carbocycles. The van der Waals surface area contributed by atoms with Crippen molar-refractivity contribution in [3.05, 3.63) is 40.3 Å². The fraction of sp³-hybridized carbons (Fsp3) is 0.450. The minimum atomic E-state index is -0.227. The molecule has 1 saturated carbocycles. The van der Waals surface area contributed by atoms with Crippen molar-refractivity contribution in [3.8, 4) is 0 Å². The van der Waals surface area contributed by atoms with Gasteiger partial charge in [0.05, 0.1) is 28.2 Å². The molecule has 3 N–H and O–H groups in total. The second kappa shape index (κ2) is 7.54. The van der Waals surface area contributed by atoms with E-state index in [9.17, 15) is 4.79 Å². The highest BCUT2D eigenvalue weighted by Crippen LogP contribution is 2.54. The van der Waals surface area contributed by atoms with Gasteiger partial charge in [0, 0.05) is 24.2 Å². The Hall–Kier alpha value is -1.83. The highest BCUT2D eigenvalue weighted by Gasteiger charge is 2.45. The number of aromatic nitrogens is 2. The Morgan fingerprint density at radius 2 is 1.96 bits per heavy atom. The third kappa shape index (κ3) is 3.71. The molecule has 2 fully saturated rings. The van der Waals surface area contributed by atoms with E-state index in [0.29, 0.717) is 21.7 Å². The second-order valence-corrected chi connectivity index (χ2v) is 8.89. The van der Waals surface area contributed by atoms with E-state index in [2.05, 4.69) is 15.2 Å². The van der Waals surface area contributed by atoms with Crippen LogP contribution < -0.4 is 15.4 Å². The van der Waals surface area contributed by atoms with Crippen LogP contribution in [0.5, 0.6) is 0 Å². The Bertz CT molecular complexity index is 921. The minimum Gasteiger partial charge on any atom is -0.356 e. The number of hydrogen-bond donors (Lipinski definition) is 2. The van der Waals surface area contributed by atoms with Crippen LogP contribution in [0.25, 0.3) is 0 Å². The van der Waals surface area contributed by atoms with Gasteiger partial charge in [-0.1, -0.05) is 11.6 Å². The van der Waals surface area contributed by atoms with Crippen LogP contribution in [0, 0.1) is 19.3 Å². The van der Waals surface area contributed by atoms with Crippen molar-refractivity contribution in [1.29, 1.82) is 0 Å². The number of nitrogens with zero attached hydrogens (tertiary/aromatic N) is 3. The molecular formula is C20H24ClN5OS. The number of halogens is 1. The van der Waals surface area contributed by atoms with Crippen molar-refractivity contribution >= 4 is 41.0 Å². The quantitative estimate of drug-likeness (QED) is 0.719. The van der Waals surface area contributed by atoms with E-state index in [4.69, 9.17) is 21.7 Å². The van der Waals surface area contributed by atoms with Gasteiger partial charge in [-0.05, 0) is 68.5 Å². The molecule has 0 unspecified atom stereocenters. The van der Waals surface area contributed by atoms with E-state index >= 15 is 0 Å². The number of nitrogens with two attached hydrogens (primary N) is 1. The summed E-state index contributed by atoms with van der Waals surface area (Å²) < 4.78 is 0. The number of anilines is 2. The van der Waals surface area contributed by atoms with Crippen LogP contribution in [0.2, 0.25) is 5.02 Å². The molecule has 0 atom stereocenters. The molecule has 2 aliphatic rings. The Morgan fingerprint density at radius 3 is 2.61 bits per heavy atom. The number of pyridine rings is 2. The summed E-state index contributed by atoms with van der Waals surface area (Å²) in [6.45, 7) is 5.62. The van der Waals surface area contributed by atoms with Crippen LogP contribution >= 0.6 is 23.5 Å². The van der Waals surface area contributed by atoms with Crippen LogP contribution in [-0.4, -0.2) is 29.0 Å². The van der Waals surface area contributed by atoms with Gasteiger partial charge in [0.2, 0.25) is 0 Å². The first kappa shape index (κ1) is 19.5. The first-order valence-corrected chi connectivity index (χ1v) is 10.7. The van der Waals surface area contributed by atoms with Crippen molar-refractivity contribution in [2.24, 2.45) is 10.6 Å². The highest BCUT2D eigenvalue weighted by atomic mass is 35.5. The summed E-state index contributed by atoms with van der Waals surface area (Å²) >= 11 is 7.54.